The summed E-state index contributed by atoms with van der Waals surface area (Å²) in [5.74, 6) is -1.99. The minimum atomic E-state index is -0.996. The zero-order valence-electron chi connectivity index (χ0n) is 13.8. The van der Waals surface area contributed by atoms with Crippen LogP contribution in [-0.2, 0) is 0 Å². The third kappa shape index (κ3) is 3.87. The van der Waals surface area contributed by atoms with E-state index in [2.05, 4.69) is 48.5 Å². The quantitative estimate of drug-likeness (QED) is 0.532. The Bertz CT molecular complexity index is 981. The summed E-state index contributed by atoms with van der Waals surface area (Å²) in [6.45, 7) is 0. The van der Waals surface area contributed by atoms with E-state index in [1.165, 1.54) is 35.0 Å². The van der Waals surface area contributed by atoms with Crippen LogP contribution in [0.4, 0.5) is 0 Å². The van der Waals surface area contributed by atoms with Crippen molar-refractivity contribution in [3.05, 3.63) is 96.1 Å². The van der Waals surface area contributed by atoms with E-state index in [-0.39, 0.29) is 11.1 Å². The van der Waals surface area contributed by atoms with Crippen LogP contribution in [0, 0.1) is 0 Å². The van der Waals surface area contributed by atoms with Crippen LogP contribution in [0.5, 0.6) is 0 Å². The van der Waals surface area contributed by atoms with Crippen LogP contribution in [0.3, 0.4) is 0 Å². The predicted octanol–water partition coefficient (Wildman–Crippen LogP) is 5.08. The van der Waals surface area contributed by atoms with Gasteiger partial charge >= 0.3 is 11.9 Å². The molecule has 0 aliphatic heterocycles. The minimum absolute atomic E-state index is 0.190. The lowest BCUT2D eigenvalue weighted by molar-refractivity contribution is 0.0686. The van der Waals surface area contributed by atoms with Crippen LogP contribution in [0.2, 0.25) is 0 Å². The highest BCUT2D eigenvalue weighted by atomic mass is 16.4. The molecule has 0 aliphatic carbocycles. The van der Waals surface area contributed by atoms with Gasteiger partial charge in [-0.1, -0.05) is 60.7 Å². The number of hydrogen-bond donors (Lipinski definition) is 2. The Morgan fingerprint density at radius 1 is 0.500 bits per heavy atom. The van der Waals surface area contributed by atoms with Gasteiger partial charge in [-0.15, -0.1) is 0 Å². The van der Waals surface area contributed by atoms with Gasteiger partial charge in [0, 0.05) is 0 Å². The number of benzene rings is 4. The molecular weight excluding hydrogens is 328 g/mol. The average molecular weight is 344 g/mol. The summed E-state index contributed by atoms with van der Waals surface area (Å²) in [6.07, 6.45) is 0. The zero-order valence-corrected chi connectivity index (χ0v) is 13.8. The molecule has 128 valence electrons. The second-order valence-electron chi connectivity index (χ2n) is 5.73. The molecule has 0 spiro atoms. The lowest BCUT2D eigenvalue weighted by Crippen LogP contribution is -1.97. The van der Waals surface area contributed by atoms with Gasteiger partial charge in [0.25, 0.3) is 0 Å². The molecule has 0 fully saturated rings. The van der Waals surface area contributed by atoms with Crippen molar-refractivity contribution < 1.29 is 19.8 Å². The van der Waals surface area contributed by atoms with Crippen LogP contribution in [0.15, 0.2) is 84.9 Å². The van der Waals surface area contributed by atoms with Gasteiger partial charge in [-0.25, -0.2) is 9.59 Å². The van der Waals surface area contributed by atoms with E-state index in [1.807, 2.05) is 0 Å². The number of fused-ring (bicyclic) bond motifs is 2. The second-order valence-corrected chi connectivity index (χ2v) is 5.73. The summed E-state index contributed by atoms with van der Waals surface area (Å²) < 4.78 is 0. The van der Waals surface area contributed by atoms with E-state index < -0.39 is 11.9 Å². The Hall–Kier alpha value is -3.66. The van der Waals surface area contributed by atoms with Crippen molar-refractivity contribution >= 4 is 33.5 Å². The van der Waals surface area contributed by atoms with E-state index in [0.29, 0.717) is 10.8 Å². The molecule has 4 aromatic carbocycles. The number of hydrogen-bond acceptors (Lipinski definition) is 2. The topological polar surface area (TPSA) is 74.6 Å². The molecule has 26 heavy (non-hydrogen) atoms. The van der Waals surface area contributed by atoms with Crippen molar-refractivity contribution in [1.29, 1.82) is 0 Å². The molecule has 0 aliphatic rings. The highest BCUT2D eigenvalue weighted by molar-refractivity contribution is 5.98. The molecule has 2 N–H and O–H groups in total. The zero-order chi connectivity index (χ0) is 18.5. The third-order valence-electron chi connectivity index (χ3n) is 3.99. The van der Waals surface area contributed by atoms with Crippen molar-refractivity contribution in [2.24, 2.45) is 0 Å². The van der Waals surface area contributed by atoms with Gasteiger partial charge in [0.1, 0.15) is 0 Å². The fraction of sp³-hybridized carbons (Fsp3) is 0. The van der Waals surface area contributed by atoms with Crippen LogP contribution in [0.25, 0.3) is 21.5 Å². The highest BCUT2D eigenvalue weighted by Gasteiger charge is 2.06. The Morgan fingerprint density at radius 2 is 0.846 bits per heavy atom. The highest BCUT2D eigenvalue weighted by Crippen LogP contribution is 2.18. The van der Waals surface area contributed by atoms with Crippen molar-refractivity contribution in [3.8, 4) is 0 Å². The molecular formula is C22H16O4. The van der Waals surface area contributed by atoms with Crippen LogP contribution < -0.4 is 0 Å². The number of carbonyl (C=O) groups is 2. The van der Waals surface area contributed by atoms with Gasteiger partial charge in [0.15, 0.2) is 0 Å². The summed E-state index contributed by atoms with van der Waals surface area (Å²) in [5.41, 5.74) is 0.381. The molecule has 0 saturated carbocycles. The van der Waals surface area contributed by atoms with Crippen LogP contribution in [0.1, 0.15) is 20.7 Å². The Balaban J connectivity index is 0.000000167. The first-order valence-electron chi connectivity index (χ1n) is 7.99. The molecule has 0 unspecified atom stereocenters. The Labute approximate surface area is 149 Å². The van der Waals surface area contributed by atoms with Gasteiger partial charge < -0.3 is 10.2 Å². The molecule has 0 atom stereocenters. The summed E-state index contributed by atoms with van der Waals surface area (Å²) in [7, 11) is 0. The Morgan fingerprint density at radius 3 is 1.15 bits per heavy atom. The normalized spacial score (nSPS) is 10.2. The molecule has 4 heteroatoms. The van der Waals surface area contributed by atoms with E-state index in [4.69, 9.17) is 10.2 Å². The maximum Gasteiger partial charge on any atom is 0.335 e. The van der Waals surface area contributed by atoms with Crippen molar-refractivity contribution in [1.82, 2.24) is 0 Å². The van der Waals surface area contributed by atoms with Gasteiger partial charge in [-0.2, -0.15) is 0 Å². The maximum atomic E-state index is 10.7. The lowest BCUT2D eigenvalue weighted by atomic mass is 10.0. The average Bonchev–Trinajstić information content (AvgIpc) is 2.67. The van der Waals surface area contributed by atoms with Crippen LogP contribution in [-0.4, -0.2) is 22.2 Å². The second kappa shape index (κ2) is 7.49. The molecule has 4 nitrogen and oxygen atoms in total. The molecule has 0 radical (unpaired) electrons. The number of carboxylic acids is 2. The summed E-state index contributed by atoms with van der Waals surface area (Å²) in [6, 6.07) is 25.9. The lowest BCUT2D eigenvalue weighted by Gasteiger charge is -2.01. The summed E-state index contributed by atoms with van der Waals surface area (Å²) in [5, 5.41) is 21.6. The summed E-state index contributed by atoms with van der Waals surface area (Å²) >= 11 is 0. The smallest absolute Gasteiger partial charge is 0.335 e. The molecule has 0 bridgehead atoms. The predicted molar refractivity (Wildman–Crippen MR) is 102 cm³/mol. The maximum absolute atomic E-state index is 10.7. The molecule has 0 amide bonds. The summed E-state index contributed by atoms with van der Waals surface area (Å²) in [4.78, 5) is 21.5. The molecule has 4 aromatic rings. The van der Waals surface area contributed by atoms with E-state index >= 15 is 0 Å². The monoisotopic (exact) mass is 344 g/mol. The number of rotatable bonds is 2. The van der Waals surface area contributed by atoms with Gasteiger partial charge in [0.05, 0.1) is 11.1 Å². The SMILES string of the molecule is O=C(O)c1ccc2cc(C(=O)O)ccc2c1.c1ccc2ccccc2c1. The molecule has 4 rings (SSSR count). The van der Waals surface area contributed by atoms with Crippen molar-refractivity contribution in [3.63, 3.8) is 0 Å². The first-order valence-corrected chi connectivity index (χ1v) is 7.99. The van der Waals surface area contributed by atoms with E-state index in [0.717, 1.165) is 0 Å². The van der Waals surface area contributed by atoms with Gasteiger partial charge in [0.2, 0.25) is 0 Å². The molecule has 0 aromatic heterocycles. The first kappa shape index (κ1) is 17.2. The number of aromatic carboxylic acids is 2. The standard InChI is InChI=1S/C12H8O4.C10H8/c13-11(14)9-3-1-7-5-10(12(15)16)4-2-8(7)6-9;1-2-6-10-8-4-3-7-9(10)5-1/h1-6H,(H,13,14)(H,15,16);1-8H. The fourth-order valence-electron chi connectivity index (χ4n) is 2.64. The van der Waals surface area contributed by atoms with E-state index in [9.17, 15) is 9.59 Å². The van der Waals surface area contributed by atoms with Crippen molar-refractivity contribution in [2.45, 2.75) is 0 Å². The minimum Gasteiger partial charge on any atom is -0.478 e. The van der Waals surface area contributed by atoms with Crippen LogP contribution >= 0.6 is 0 Å². The molecule has 0 saturated heterocycles. The molecule has 0 heterocycles. The van der Waals surface area contributed by atoms with Gasteiger partial charge in [-0.3, -0.25) is 0 Å². The fourth-order valence-corrected chi connectivity index (χ4v) is 2.64. The largest absolute Gasteiger partial charge is 0.478 e. The van der Waals surface area contributed by atoms with Crippen molar-refractivity contribution in [2.75, 3.05) is 0 Å². The number of carboxylic acid groups (broad SMARTS) is 2. The van der Waals surface area contributed by atoms with Gasteiger partial charge in [-0.05, 0) is 45.8 Å². The van der Waals surface area contributed by atoms with E-state index in [1.54, 1.807) is 12.1 Å². The first-order chi connectivity index (χ1) is 12.5. The third-order valence-corrected chi connectivity index (χ3v) is 3.99. The Kier molecular flexibility index (Phi) is 4.94.